The first-order valence-electron chi connectivity index (χ1n) is 11.5. The van der Waals surface area contributed by atoms with Gasteiger partial charge < -0.3 is 15.0 Å². The van der Waals surface area contributed by atoms with Crippen LogP contribution < -0.4 is 10.9 Å². The van der Waals surface area contributed by atoms with E-state index in [-0.39, 0.29) is 21.7 Å². The van der Waals surface area contributed by atoms with Crippen LogP contribution in [0.2, 0.25) is 9.36 Å². The van der Waals surface area contributed by atoms with Crippen molar-refractivity contribution >= 4 is 63.8 Å². The number of halogens is 2. The van der Waals surface area contributed by atoms with E-state index < -0.39 is 11.9 Å². The molecule has 5 aromatic rings. The van der Waals surface area contributed by atoms with Gasteiger partial charge in [0.2, 0.25) is 0 Å². The number of hydrogen-bond acceptors (Lipinski definition) is 8. The second-order valence-corrected chi connectivity index (χ2v) is 11.3. The minimum absolute atomic E-state index is 0.0265. The van der Waals surface area contributed by atoms with Crippen LogP contribution in [0.1, 0.15) is 31.3 Å². The Kier molecular flexibility index (Phi) is 7.94. The summed E-state index contributed by atoms with van der Waals surface area (Å²) in [4.78, 5) is 38.3. The molecule has 1 aromatic carbocycles. The third kappa shape index (κ3) is 6.12. The van der Waals surface area contributed by atoms with Crippen LogP contribution in [0.15, 0.2) is 71.0 Å². The lowest BCUT2D eigenvalue weighted by molar-refractivity contribution is 0.0696. The number of pyridine rings is 1. The SMILES string of the molecule is O=C(O)c1ccc(C(=O)n2nc(-c3cc(Cl)c(=O)n(CCc4ccsn4)c3)cc2NCc2ccc(Cl)s2)cc1. The molecule has 0 aliphatic carbocycles. The Morgan fingerprint density at radius 2 is 1.79 bits per heavy atom. The van der Waals surface area contributed by atoms with Crippen molar-refractivity contribution in [3.8, 4) is 11.3 Å². The number of hydrogen-bond donors (Lipinski definition) is 2. The van der Waals surface area contributed by atoms with E-state index in [0.29, 0.717) is 40.9 Å². The highest BCUT2D eigenvalue weighted by atomic mass is 35.5. The van der Waals surface area contributed by atoms with Gasteiger partial charge in [-0.15, -0.1) is 11.3 Å². The summed E-state index contributed by atoms with van der Waals surface area (Å²) < 4.78 is 7.64. The molecule has 0 aliphatic rings. The first kappa shape index (κ1) is 26.8. The summed E-state index contributed by atoms with van der Waals surface area (Å²) in [6.45, 7) is 0.761. The van der Waals surface area contributed by atoms with Crippen LogP contribution in [0.4, 0.5) is 5.82 Å². The fourth-order valence-electron chi connectivity index (χ4n) is 3.81. The zero-order chi connectivity index (χ0) is 27.5. The summed E-state index contributed by atoms with van der Waals surface area (Å²) >= 11 is 15.1. The Bertz CT molecular complexity index is 1710. The molecule has 0 saturated carbocycles. The van der Waals surface area contributed by atoms with Gasteiger partial charge in [0.1, 0.15) is 10.8 Å². The zero-order valence-electron chi connectivity index (χ0n) is 20.0. The van der Waals surface area contributed by atoms with E-state index >= 15 is 0 Å². The number of benzene rings is 1. The molecule has 0 amide bonds. The van der Waals surface area contributed by atoms with Crippen LogP contribution >= 0.6 is 46.1 Å². The smallest absolute Gasteiger partial charge is 0.335 e. The van der Waals surface area contributed by atoms with Crippen molar-refractivity contribution in [3.63, 3.8) is 0 Å². The molecule has 0 bridgehead atoms. The fourth-order valence-corrected chi connectivity index (χ4v) is 5.63. The van der Waals surface area contributed by atoms with Crippen molar-refractivity contribution in [1.29, 1.82) is 0 Å². The highest BCUT2D eigenvalue weighted by Gasteiger charge is 2.19. The molecule has 0 aliphatic heterocycles. The lowest BCUT2D eigenvalue weighted by Gasteiger charge is -2.08. The van der Waals surface area contributed by atoms with Gasteiger partial charge in [-0.1, -0.05) is 23.2 Å². The first-order valence-corrected chi connectivity index (χ1v) is 14.0. The standard InChI is InChI=1S/C26H19Cl2N5O4S2/c27-20-11-17(14-32(25(20)35)9-7-18-8-10-38-31-18)21-12-23(29-13-19-5-6-22(28)39-19)33(30-21)24(34)15-1-3-16(4-2-15)26(36)37/h1-6,8,10-12,14,29H,7,9,13H2,(H,36,37). The van der Waals surface area contributed by atoms with Crippen LogP contribution in [0.5, 0.6) is 0 Å². The predicted octanol–water partition coefficient (Wildman–Crippen LogP) is 5.78. The lowest BCUT2D eigenvalue weighted by atomic mass is 10.1. The third-order valence-electron chi connectivity index (χ3n) is 5.79. The number of rotatable bonds is 9. The van der Waals surface area contributed by atoms with Crippen LogP contribution in [0.25, 0.3) is 11.3 Å². The second-order valence-electron chi connectivity index (χ2n) is 8.39. The van der Waals surface area contributed by atoms with Gasteiger partial charge in [0.25, 0.3) is 11.5 Å². The number of carboxylic acids is 1. The number of carbonyl (C=O) groups excluding carboxylic acids is 1. The second kappa shape index (κ2) is 11.5. The fraction of sp³-hybridized carbons (Fsp3) is 0.115. The van der Waals surface area contributed by atoms with Gasteiger partial charge in [0, 0.05) is 46.6 Å². The maximum absolute atomic E-state index is 13.4. The number of aromatic nitrogens is 4. The summed E-state index contributed by atoms with van der Waals surface area (Å²) in [5, 5.41) is 18.8. The first-order chi connectivity index (χ1) is 18.8. The largest absolute Gasteiger partial charge is 0.478 e. The molecule has 0 saturated heterocycles. The topological polar surface area (TPSA) is 119 Å². The van der Waals surface area contributed by atoms with Gasteiger partial charge in [0.05, 0.1) is 27.8 Å². The van der Waals surface area contributed by atoms with Crippen molar-refractivity contribution in [1.82, 2.24) is 18.7 Å². The average molecular weight is 601 g/mol. The Labute approximate surface area is 240 Å². The third-order valence-corrected chi connectivity index (χ3v) is 7.89. The molecule has 0 atom stereocenters. The van der Waals surface area contributed by atoms with Crippen LogP contribution in [-0.4, -0.2) is 35.7 Å². The van der Waals surface area contributed by atoms with Gasteiger partial charge in [-0.2, -0.15) is 14.2 Å². The Hall–Kier alpha value is -3.77. The Balaban J connectivity index is 1.50. The van der Waals surface area contributed by atoms with Crippen molar-refractivity contribution < 1.29 is 14.7 Å². The molecule has 4 aromatic heterocycles. The minimum Gasteiger partial charge on any atom is -0.478 e. The Morgan fingerprint density at radius 1 is 1.03 bits per heavy atom. The van der Waals surface area contributed by atoms with E-state index in [9.17, 15) is 19.5 Å². The number of nitrogens with one attached hydrogen (secondary N) is 1. The lowest BCUT2D eigenvalue weighted by Crippen LogP contribution is -2.21. The zero-order valence-corrected chi connectivity index (χ0v) is 23.2. The molecule has 0 spiro atoms. The summed E-state index contributed by atoms with van der Waals surface area (Å²) in [5.74, 6) is -1.15. The number of aryl methyl sites for hydroxylation is 2. The summed E-state index contributed by atoms with van der Waals surface area (Å²) in [6, 6.07) is 14.4. The Morgan fingerprint density at radius 3 is 2.46 bits per heavy atom. The molecule has 0 fully saturated rings. The van der Waals surface area contributed by atoms with Gasteiger partial charge in [-0.05, 0) is 60.1 Å². The number of aromatic carboxylic acids is 1. The molecule has 0 radical (unpaired) electrons. The van der Waals surface area contributed by atoms with Gasteiger partial charge in [-0.25, -0.2) is 4.79 Å². The minimum atomic E-state index is -1.09. The van der Waals surface area contributed by atoms with E-state index in [1.807, 2.05) is 17.5 Å². The van der Waals surface area contributed by atoms with Crippen molar-refractivity contribution in [2.45, 2.75) is 19.5 Å². The quantitative estimate of drug-likeness (QED) is 0.220. The van der Waals surface area contributed by atoms with Gasteiger partial charge in [0.15, 0.2) is 0 Å². The van der Waals surface area contributed by atoms with Crippen LogP contribution in [-0.2, 0) is 19.5 Å². The van der Waals surface area contributed by atoms with Crippen molar-refractivity contribution in [3.05, 3.63) is 108 Å². The predicted molar refractivity (Wildman–Crippen MR) is 153 cm³/mol. The average Bonchev–Trinajstić information content (AvgIpc) is 3.69. The molecular weight excluding hydrogens is 581 g/mol. The molecule has 13 heteroatoms. The van der Waals surface area contributed by atoms with Crippen molar-refractivity contribution in [2.24, 2.45) is 0 Å². The number of carboxylic acid groups (broad SMARTS) is 1. The molecule has 39 heavy (non-hydrogen) atoms. The van der Waals surface area contributed by atoms with E-state index in [1.165, 1.54) is 62.5 Å². The summed E-state index contributed by atoms with van der Waals surface area (Å²) in [5.41, 5.74) is 1.82. The summed E-state index contributed by atoms with van der Waals surface area (Å²) in [7, 11) is 0. The van der Waals surface area contributed by atoms with E-state index in [2.05, 4.69) is 14.8 Å². The molecule has 198 valence electrons. The monoisotopic (exact) mass is 599 g/mol. The van der Waals surface area contributed by atoms with E-state index in [0.717, 1.165) is 10.6 Å². The molecule has 9 nitrogen and oxygen atoms in total. The number of nitrogens with zero attached hydrogens (tertiary/aromatic N) is 4. The van der Waals surface area contributed by atoms with Crippen LogP contribution in [0, 0.1) is 0 Å². The van der Waals surface area contributed by atoms with E-state index in [1.54, 1.807) is 18.3 Å². The van der Waals surface area contributed by atoms with E-state index in [4.69, 9.17) is 23.2 Å². The molecule has 0 unspecified atom stereocenters. The normalized spacial score (nSPS) is 11.0. The van der Waals surface area contributed by atoms with Gasteiger partial charge in [-0.3, -0.25) is 9.59 Å². The highest BCUT2D eigenvalue weighted by Crippen LogP contribution is 2.26. The van der Waals surface area contributed by atoms with Crippen molar-refractivity contribution in [2.75, 3.05) is 5.32 Å². The maximum atomic E-state index is 13.4. The van der Waals surface area contributed by atoms with Crippen LogP contribution in [0.3, 0.4) is 0 Å². The molecule has 4 heterocycles. The van der Waals surface area contributed by atoms with Gasteiger partial charge >= 0.3 is 5.97 Å². The number of thiophene rings is 1. The molecular formula is C26H19Cl2N5O4S2. The number of anilines is 1. The number of carbonyl (C=O) groups is 2. The maximum Gasteiger partial charge on any atom is 0.335 e. The summed E-state index contributed by atoms with van der Waals surface area (Å²) in [6.07, 6.45) is 2.21. The highest BCUT2D eigenvalue weighted by molar-refractivity contribution is 7.16. The molecule has 5 rings (SSSR count). The molecule has 2 N–H and O–H groups in total.